The molecule has 0 aliphatic carbocycles. The zero-order chi connectivity index (χ0) is 11.7. The summed E-state index contributed by atoms with van der Waals surface area (Å²) < 4.78 is 10.3. The number of hydrogen-bond donors (Lipinski definition) is 1. The summed E-state index contributed by atoms with van der Waals surface area (Å²) in [5, 5.41) is 8.75. The molecule has 0 bridgehead atoms. The van der Waals surface area contributed by atoms with Gasteiger partial charge < -0.3 is 14.6 Å². The molecule has 0 saturated heterocycles. The minimum atomic E-state index is -0.930. The summed E-state index contributed by atoms with van der Waals surface area (Å²) in [6.45, 7) is 8.86. The Morgan fingerprint density at radius 2 is 2.13 bits per heavy atom. The average Bonchev–Trinajstić information content (AvgIpc) is 2.15. The maximum Gasteiger partial charge on any atom is 0.332 e. The van der Waals surface area contributed by atoms with Crippen molar-refractivity contribution in [1.82, 2.24) is 0 Å². The number of rotatable bonds is 9. The molecule has 1 N–H and O–H groups in total. The molecule has 0 aliphatic rings. The molecule has 0 radical (unpaired) electrons. The summed E-state index contributed by atoms with van der Waals surface area (Å²) in [5.41, 5.74) is 1.06. The molecule has 0 saturated carbocycles. The van der Waals surface area contributed by atoms with E-state index in [1.54, 1.807) is 6.92 Å². The van der Waals surface area contributed by atoms with E-state index in [9.17, 15) is 4.79 Å². The van der Waals surface area contributed by atoms with Crippen LogP contribution >= 0.6 is 0 Å². The summed E-state index contributed by atoms with van der Waals surface area (Å²) >= 11 is 0. The highest BCUT2D eigenvalue weighted by Gasteiger charge is 2.16. The second-order valence-corrected chi connectivity index (χ2v) is 3.39. The molecule has 1 atom stereocenters. The van der Waals surface area contributed by atoms with Crippen molar-refractivity contribution < 1.29 is 19.4 Å². The number of carboxylic acid groups (broad SMARTS) is 1. The van der Waals surface area contributed by atoms with E-state index in [1.807, 2.05) is 6.92 Å². The molecular formula is C11H20O4. The van der Waals surface area contributed by atoms with Gasteiger partial charge in [-0.3, -0.25) is 0 Å². The Balaban J connectivity index is 3.53. The van der Waals surface area contributed by atoms with Crippen molar-refractivity contribution in [1.29, 1.82) is 0 Å². The number of carboxylic acids is 1. The highest BCUT2D eigenvalue weighted by atomic mass is 16.5. The van der Waals surface area contributed by atoms with Crippen molar-refractivity contribution in [3.05, 3.63) is 12.2 Å². The van der Waals surface area contributed by atoms with E-state index in [0.717, 1.165) is 12.0 Å². The third kappa shape index (κ3) is 8.15. The van der Waals surface area contributed by atoms with Crippen LogP contribution in [0.15, 0.2) is 12.2 Å². The van der Waals surface area contributed by atoms with Gasteiger partial charge in [0.15, 0.2) is 6.10 Å². The predicted octanol–water partition coefficient (Wildman–Crippen LogP) is 1.85. The van der Waals surface area contributed by atoms with Crippen LogP contribution < -0.4 is 0 Å². The number of aliphatic carboxylic acids is 1. The lowest BCUT2D eigenvalue weighted by Gasteiger charge is -2.12. The summed E-state index contributed by atoms with van der Waals surface area (Å²) in [4.78, 5) is 10.7. The van der Waals surface area contributed by atoms with Crippen molar-refractivity contribution in [2.45, 2.75) is 32.8 Å². The molecule has 0 rings (SSSR count). The van der Waals surface area contributed by atoms with Crippen molar-refractivity contribution >= 4 is 5.97 Å². The SMILES string of the molecule is C=C(C)CCOCCC(OCC)C(=O)O. The van der Waals surface area contributed by atoms with Crippen LogP contribution in [0.4, 0.5) is 0 Å². The molecule has 0 fully saturated rings. The number of carbonyl (C=O) groups is 1. The average molecular weight is 216 g/mol. The molecule has 4 heteroatoms. The van der Waals surface area contributed by atoms with Gasteiger partial charge in [-0.25, -0.2) is 4.79 Å². The second kappa shape index (κ2) is 8.44. The Morgan fingerprint density at radius 3 is 2.60 bits per heavy atom. The summed E-state index contributed by atoms with van der Waals surface area (Å²) in [7, 11) is 0. The lowest BCUT2D eigenvalue weighted by atomic mass is 10.2. The Bertz CT molecular complexity index is 201. The van der Waals surface area contributed by atoms with E-state index in [1.165, 1.54) is 0 Å². The van der Waals surface area contributed by atoms with Crippen molar-refractivity contribution in [2.24, 2.45) is 0 Å². The summed E-state index contributed by atoms with van der Waals surface area (Å²) in [5.74, 6) is -0.930. The minimum absolute atomic E-state index is 0.388. The molecule has 0 aromatic carbocycles. The third-order valence-corrected chi connectivity index (χ3v) is 1.84. The van der Waals surface area contributed by atoms with E-state index in [2.05, 4.69) is 6.58 Å². The fourth-order valence-electron chi connectivity index (χ4n) is 1.02. The third-order valence-electron chi connectivity index (χ3n) is 1.84. The lowest BCUT2D eigenvalue weighted by molar-refractivity contribution is -0.151. The van der Waals surface area contributed by atoms with Gasteiger partial charge in [-0.2, -0.15) is 0 Å². The molecule has 1 unspecified atom stereocenters. The minimum Gasteiger partial charge on any atom is -0.479 e. The zero-order valence-electron chi connectivity index (χ0n) is 9.49. The quantitative estimate of drug-likeness (QED) is 0.472. The number of ether oxygens (including phenoxy) is 2. The van der Waals surface area contributed by atoms with Crippen molar-refractivity contribution in [3.8, 4) is 0 Å². The first-order chi connectivity index (χ1) is 7.07. The van der Waals surface area contributed by atoms with E-state index in [-0.39, 0.29) is 0 Å². The Labute approximate surface area is 90.9 Å². The summed E-state index contributed by atoms with van der Waals surface area (Å²) in [6, 6.07) is 0. The van der Waals surface area contributed by atoms with E-state index in [4.69, 9.17) is 14.6 Å². The smallest absolute Gasteiger partial charge is 0.332 e. The van der Waals surface area contributed by atoms with Crippen LogP contribution in [0.25, 0.3) is 0 Å². The van der Waals surface area contributed by atoms with Gasteiger partial charge in [0.2, 0.25) is 0 Å². The monoisotopic (exact) mass is 216 g/mol. The second-order valence-electron chi connectivity index (χ2n) is 3.39. The molecule has 0 aromatic rings. The van der Waals surface area contributed by atoms with Crippen LogP contribution in [0, 0.1) is 0 Å². The topological polar surface area (TPSA) is 55.8 Å². The van der Waals surface area contributed by atoms with E-state index in [0.29, 0.717) is 26.2 Å². The van der Waals surface area contributed by atoms with Crippen LogP contribution in [-0.4, -0.2) is 37.0 Å². The fourth-order valence-corrected chi connectivity index (χ4v) is 1.02. The van der Waals surface area contributed by atoms with Crippen LogP contribution in [0.1, 0.15) is 26.7 Å². The van der Waals surface area contributed by atoms with E-state index >= 15 is 0 Å². The zero-order valence-corrected chi connectivity index (χ0v) is 9.49. The van der Waals surface area contributed by atoms with Crippen LogP contribution in [0.3, 0.4) is 0 Å². The molecule has 0 aromatic heterocycles. The Morgan fingerprint density at radius 1 is 1.47 bits per heavy atom. The van der Waals surface area contributed by atoms with Gasteiger partial charge in [0.1, 0.15) is 0 Å². The largest absolute Gasteiger partial charge is 0.479 e. The highest BCUT2D eigenvalue weighted by Crippen LogP contribution is 2.01. The molecule has 0 aliphatic heterocycles. The highest BCUT2D eigenvalue weighted by molar-refractivity contribution is 5.72. The van der Waals surface area contributed by atoms with Crippen LogP contribution in [0.5, 0.6) is 0 Å². The van der Waals surface area contributed by atoms with Gasteiger partial charge in [0.25, 0.3) is 0 Å². The lowest BCUT2D eigenvalue weighted by Crippen LogP contribution is -2.25. The first-order valence-corrected chi connectivity index (χ1v) is 5.14. The summed E-state index contributed by atoms with van der Waals surface area (Å²) in [6.07, 6.45) is 0.450. The van der Waals surface area contributed by atoms with E-state index < -0.39 is 12.1 Å². The Kier molecular flexibility index (Phi) is 7.95. The molecule has 0 heterocycles. The predicted molar refractivity (Wildman–Crippen MR) is 57.9 cm³/mol. The van der Waals surface area contributed by atoms with Gasteiger partial charge in [0.05, 0.1) is 6.61 Å². The van der Waals surface area contributed by atoms with Gasteiger partial charge in [0, 0.05) is 19.6 Å². The van der Waals surface area contributed by atoms with Crippen LogP contribution in [-0.2, 0) is 14.3 Å². The first-order valence-electron chi connectivity index (χ1n) is 5.14. The molecule has 0 spiro atoms. The first kappa shape index (κ1) is 14.1. The Hall–Kier alpha value is -0.870. The van der Waals surface area contributed by atoms with Gasteiger partial charge in [-0.15, -0.1) is 6.58 Å². The molecular weight excluding hydrogens is 196 g/mol. The normalized spacial score (nSPS) is 12.4. The van der Waals surface area contributed by atoms with Gasteiger partial charge in [-0.05, 0) is 20.3 Å². The maximum absolute atomic E-state index is 10.7. The van der Waals surface area contributed by atoms with Gasteiger partial charge in [-0.1, -0.05) is 5.57 Å². The standard InChI is InChI=1S/C11H20O4/c1-4-15-10(11(12)13)6-8-14-7-5-9(2)3/h10H,2,4-8H2,1,3H3,(H,12,13). The fraction of sp³-hybridized carbons (Fsp3) is 0.727. The van der Waals surface area contributed by atoms with Crippen molar-refractivity contribution in [3.63, 3.8) is 0 Å². The van der Waals surface area contributed by atoms with Crippen LogP contribution in [0.2, 0.25) is 0 Å². The van der Waals surface area contributed by atoms with Crippen molar-refractivity contribution in [2.75, 3.05) is 19.8 Å². The molecule has 88 valence electrons. The number of hydrogen-bond acceptors (Lipinski definition) is 3. The molecule has 15 heavy (non-hydrogen) atoms. The van der Waals surface area contributed by atoms with Gasteiger partial charge >= 0.3 is 5.97 Å². The maximum atomic E-state index is 10.7. The molecule has 0 amide bonds. The molecule has 4 nitrogen and oxygen atoms in total.